The number of aromatic amines is 1. The molecule has 0 atom stereocenters. The van der Waals surface area contributed by atoms with Gasteiger partial charge in [0.1, 0.15) is 5.75 Å². The van der Waals surface area contributed by atoms with Crippen molar-refractivity contribution in [2.75, 3.05) is 30.1 Å². The lowest BCUT2D eigenvalue weighted by Crippen LogP contribution is -2.32. The molecule has 118 valence electrons. The first-order valence-corrected chi connectivity index (χ1v) is 9.73. The van der Waals surface area contributed by atoms with Crippen molar-refractivity contribution < 1.29 is 4.74 Å². The van der Waals surface area contributed by atoms with Crippen LogP contribution in [-0.2, 0) is 6.54 Å². The second-order valence-corrected chi connectivity index (χ2v) is 7.53. The Labute approximate surface area is 139 Å². The van der Waals surface area contributed by atoms with Gasteiger partial charge in [-0.15, -0.1) is 0 Å². The number of hydrogen-bond donors (Lipinski definition) is 2. The number of benzene rings is 1. The van der Waals surface area contributed by atoms with Crippen LogP contribution >= 0.6 is 23.5 Å². The summed E-state index contributed by atoms with van der Waals surface area (Å²) in [6.07, 6.45) is 1.92. The van der Waals surface area contributed by atoms with Crippen LogP contribution in [0.4, 0.5) is 0 Å². The summed E-state index contributed by atoms with van der Waals surface area (Å²) in [6, 6.07) is 8.66. The standard InChI is InChI=1S/C16H21N3OS2/c1-20-15-4-2-12(3-5-15)16-13(9-18-19-16)8-17-14-10-21-6-7-22-11-14/h2-5,9,14,17H,6-8,10-11H2,1H3,(H,18,19). The third-order valence-corrected chi connectivity index (χ3v) is 6.21. The SMILES string of the molecule is COc1ccc(-c2[nH]ncc2CNC2CSCCSC2)cc1. The van der Waals surface area contributed by atoms with E-state index in [0.717, 1.165) is 23.6 Å². The van der Waals surface area contributed by atoms with E-state index in [-0.39, 0.29) is 0 Å². The highest BCUT2D eigenvalue weighted by molar-refractivity contribution is 8.03. The largest absolute Gasteiger partial charge is 0.497 e. The van der Waals surface area contributed by atoms with Crippen LogP contribution in [0.5, 0.6) is 5.75 Å². The van der Waals surface area contributed by atoms with Crippen molar-refractivity contribution in [1.82, 2.24) is 15.5 Å². The summed E-state index contributed by atoms with van der Waals surface area (Å²) in [5.41, 5.74) is 3.44. The first-order chi connectivity index (χ1) is 10.9. The molecule has 0 spiro atoms. The number of nitrogens with one attached hydrogen (secondary N) is 2. The molecule has 3 rings (SSSR count). The molecule has 2 heterocycles. The Morgan fingerprint density at radius 2 is 1.95 bits per heavy atom. The van der Waals surface area contributed by atoms with E-state index in [1.807, 2.05) is 41.9 Å². The summed E-state index contributed by atoms with van der Waals surface area (Å²) in [7, 11) is 1.68. The molecule has 1 aromatic carbocycles. The lowest BCUT2D eigenvalue weighted by atomic mass is 10.1. The quantitative estimate of drug-likeness (QED) is 0.880. The highest BCUT2D eigenvalue weighted by atomic mass is 32.2. The van der Waals surface area contributed by atoms with Crippen LogP contribution in [0.2, 0.25) is 0 Å². The van der Waals surface area contributed by atoms with E-state index in [1.165, 1.54) is 28.6 Å². The number of nitrogens with zero attached hydrogens (tertiary/aromatic N) is 1. The third kappa shape index (κ3) is 4.00. The van der Waals surface area contributed by atoms with Crippen LogP contribution in [0.25, 0.3) is 11.3 Å². The fourth-order valence-corrected chi connectivity index (χ4v) is 4.91. The molecule has 2 N–H and O–H groups in total. The zero-order valence-electron chi connectivity index (χ0n) is 12.7. The Morgan fingerprint density at radius 1 is 1.23 bits per heavy atom. The monoisotopic (exact) mass is 335 g/mol. The molecule has 22 heavy (non-hydrogen) atoms. The minimum absolute atomic E-state index is 0.580. The molecule has 0 aliphatic carbocycles. The number of aromatic nitrogens is 2. The Morgan fingerprint density at radius 3 is 2.64 bits per heavy atom. The zero-order chi connectivity index (χ0) is 15.2. The summed E-state index contributed by atoms with van der Waals surface area (Å²) in [6.45, 7) is 0.851. The van der Waals surface area contributed by atoms with Crippen LogP contribution in [0, 0.1) is 0 Å². The lowest BCUT2D eigenvalue weighted by Gasteiger charge is -2.15. The van der Waals surface area contributed by atoms with Gasteiger partial charge in [0.2, 0.25) is 0 Å². The van der Waals surface area contributed by atoms with Crippen molar-refractivity contribution in [3.63, 3.8) is 0 Å². The second-order valence-electron chi connectivity index (χ2n) is 5.23. The van der Waals surface area contributed by atoms with E-state index in [9.17, 15) is 0 Å². The van der Waals surface area contributed by atoms with Crippen molar-refractivity contribution in [2.24, 2.45) is 0 Å². The van der Waals surface area contributed by atoms with Gasteiger partial charge in [0.05, 0.1) is 19.0 Å². The lowest BCUT2D eigenvalue weighted by molar-refractivity contribution is 0.415. The van der Waals surface area contributed by atoms with Crippen LogP contribution in [-0.4, -0.2) is 46.4 Å². The van der Waals surface area contributed by atoms with Crippen LogP contribution < -0.4 is 10.1 Å². The Bertz CT molecular complexity index is 577. The fraction of sp³-hybridized carbons (Fsp3) is 0.438. The summed E-state index contributed by atoms with van der Waals surface area (Å²) in [5, 5.41) is 11.0. The van der Waals surface area contributed by atoms with Crippen LogP contribution in [0.15, 0.2) is 30.5 Å². The average molecular weight is 335 g/mol. The highest BCUT2D eigenvalue weighted by Crippen LogP contribution is 2.24. The number of thioether (sulfide) groups is 2. The first kappa shape index (κ1) is 15.8. The topological polar surface area (TPSA) is 49.9 Å². The highest BCUT2D eigenvalue weighted by Gasteiger charge is 2.14. The second kappa shape index (κ2) is 7.94. The minimum atomic E-state index is 0.580. The number of ether oxygens (including phenoxy) is 1. The van der Waals surface area contributed by atoms with Crippen molar-refractivity contribution in [2.45, 2.75) is 12.6 Å². The van der Waals surface area contributed by atoms with E-state index < -0.39 is 0 Å². The number of H-pyrrole nitrogens is 1. The molecule has 1 saturated heterocycles. The van der Waals surface area contributed by atoms with Gasteiger partial charge in [-0.2, -0.15) is 28.6 Å². The molecule has 1 aromatic heterocycles. The van der Waals surface area contributed by atoms with Crippen molar-refractivity contribution in [3.05, 3.63) is 36.0 Å². The van der Waals surface area contributed by atoms with Gasteiger partial charge in [-0.05, 0) is 24.3 Å². The zero-order valence-corrected chi connectivity index (χ0v) is 14.3. The maximum Gasteiger partial charge on any atom is 0.118 e. The van der Waals surface area contributed by atoms with Gasteiger partial charge in [-0.3, -0.25) is 5.10 Å². The summed E-state index contributed by atoms with van der Waals surface area (Å²) in [4.78, 5) is 0. The molecule has 6 heteroatoms. The predicted molar refractivity (Wildman–Crippen MR) is 95.9 cm³/mol. The normalized spacial score (nSPS) is 16.4. The Hall–Kier alpha value is -1.11. The van der Waals surface area contributed by atoms with Gasteiger partial charge >= 0.3 is 0 Å². The van der Waals surface area contributed by atoms with Gasteiger partial charge in [-0.25, -0.2) is 0 Å². The Balaban J connectivity index is 1.66. The minimum Gasteiger partial charge on any atom is -0.497 e. The first-order valence-electron chi connectivity index (χ1n) is 7.42. The molecule has 2 aromatic rings. The van der Waals surface area contributed by atoms with Gasteiger partial charge in [-0.1, -0.05) is 0 Å². The summed E-state index contributed by atoms with van der Waals surface area (Å²) < 4.78 is 5.21. The van der Waals surface area contributed by atoms with E-state index in [1.54, 1.807) is 7.11 Å². The maximum absolute atomic E-state index is 5.21. The molecule has 1 aliphatic heterocycles. The van der Waals surface area contributed by atoms with Gasteiger partial charge in [0.15, 0.2) is 0 Å². The molecule has 0 saturated carbocycles. The predicted octanol–water partition coefficient (Wildman–Crippen LogP) is 3.02. The number of rotatable bonds is 5. The summed E-state index contributed by atoms with van der Waals surface area (Å²) >= 11 is 4.09. The molecule has 1 fully saturated rings. The Kier molecular flexibility index (Phi) is 5.70. The molecule has 1 aliphatic rings. The molecular weight excluding hydrogens is 314 g/mol. The van der Waals surface area contributed by atoms with E-state index >= 15 is 0 Å². The molecular formula is C16H21N3OS2. The number of methoxy groups -OCH3 is 1. The average Bonchev–Trinajstić information content (AvgIpc) is 2.88. The van der Waals surface area contributed by atoms with Crippen molar-refractivity contribution >= 4 is 23.5 Å². The van der Waals surface area contributed by atoms with Crippen molar-refractivity contribution in [1.29, 1.82) is 0 Å². The van der Waals surface area contributed by atoms with E-state index in [2.05, 4.69) is 27.6 Å². The van der Waals surface area contributed by atoms with E-state index in [0.29, 0.717) is 6.04 Å². The molecule has 0 radical (unpaired) electrons. The van der Waals surface area contributed by atoms with Crippen LogP contribution in [0.3, 0.4) is 0 Å². The maximum atomic E-state index is 5.21. The molecule has 0 bridgehead atoms. The van der Waals surface area contributed by atoms with Gasteiger partial charge < -0.3 is 10.1 Å². The molecule has 0 unspecified atom stereocenters. The van der Waals surface area contributed by atoms with E-state index in [4.69, 9.17) is 4.74 Å². The smallest absolute Gasteiger partial charge is 0.118 e. The third-order valence-electron chi connectivity index (χ3n) is 3.69. The fourth-order valence-electron chi connectivity index (χ4n) is 2.44. The van der Waals surface area contributed by atoms with Crippen LogP contribution in [0.1, 0.15) is 5.56 Å². The van der Waals surface area contributed by atoms with Crippen molar-refractivity contribution in [3.8, 4) is 17.0 Å². The van der Waals surface area contributed by atoms with Gasteiger partial charge in [0, 0.05) is 46.7 Å². The molecule has 0 amide bonds. The summed E-state index contributed by atoms with van der Waals surface area (Å²) in [5.74, 6) is 5.80. The number of hydrogen-bond acceptors (Lipinski definition) is 5. The van der Waals surface area contributed by atoms with Gasteiger partial charge in [0.25, 0.3) is 0 Å². The molecule has 4 nitrogen and oxygen atoms in total.